The van der Waals surface area contributed by atoms with Crippen molar-refractivity contribution in [2.75, 3.05) is 11.9 Å². The van der Waals surface area contributed by atoms with Crippen molar-refractivity contribution in [2.45, 2.75) is 26.4 Å². The van der Waals surface area contributed by atoms with Gasteiger partial charge in [0.1, 0.15) is 0 Å². The molecule has 0 radical (unpaired) electrons. The Kier molecular flexibility index (Phi) is 5.17. The summed E-state index contributed by atoms with van der Waals surface area (Å²) < 4.78 is 40.7. The van der Waals surface area contributed by atoms with Crippen LogP contribution < -0.4 is 5.32 Å². The maximum atomic E-state index is 13.6. The van der Waals surface area contributed by atoms with Crippen LogP contribution in [0.5, 0.6) is 0 Å². The SMILES string of the molecule is CCNc1cc(-c2ccccc2)c(C)c(CC(=O)O)c1C(F)(F)F. The van der Waals surface area contributed by atoms with Crippen LogP contribution in [0.1, 0.15) is 23.6 Å². The van der Waals surface area contributed by atoms with E-state index in [1.54, 1.807) is 31.2 Å². The lowest BCUT2D eigenvalue weighted by Gasteiger charge is -2.22. The van der Waals surface area contributed by atoms with Crippen LogP contribution in [0.15, 0.2) is 36.4 Å². The third kappa shape index (κ3) is 3.69. The Hall–Kier alpha value is -2.50. The third-order valence-electron chi connectivity index (χ3n) is 3.78. The van der Waals surface area contributed by atoms with Crippen LogP contribution in [-0.4, -0.2) is 17.6 Å². The molecule has 2 aromatic carbocycles. The molecule has 0 spiro atoms. The smallest absolute Gasteiger partial charge is 0.418 e. The van der Waals surface area contributed by atoms with Gasteiger partial charge in [0.05, 0.1) is 12.0 Å². The van der Waals surface area contributed by atoms with Gasteiger partial charge >= 0.3 is 12.1 Å². The summed E-state index contributed by atoms with van der Waals surface area (Å²) in [6.45, 7) is 3.53. The van der Waals surface area contributed by atoms with E-state index >= 15 is 0 Å². The third-order valence-corrected chi connectivity index (χ3v) is 3.78. The number of rotatable bonds is 5. The minimum Gasteiger partial charge on any atom is -0.481 e. The second-order valence-electron chi connectivity index (χ2n) is 5.41. The first-order valence-corrected chi connectivity index (χ1v) is 7.50. The van der Waals surface area contributed by atoms with E-state index in [-0.39, 0.29) is 11.3 Å². The molecule has 0 aromatic heterocycles. The number of hydrogen-bond donors (Lipinski definition) is 2. The molecule has 0 aliphatic carbocycles. The molecule has 0 atom stereocenters. The highest BCUT2D eigenvalue weighted by Gasteiger charge is 2.38. The van der Waals surface area contributed by atoms with Gasteiger partial charge in [0.25, 0.3) is 0 Å². The molecule has 2 rings (SSSR count). The van der Waals surface area contributed by atoms with Crippen LogP contribution in [0.4, 0.5) is 18.9 Å². The Morgan fingerprint density at radius 3 is 2.33 bits per heavy atom. The second kappa shape index (κ2) is 6.95. The summed E-state index contributed by atoms with van der Waals surface area (Å²) in [6.07, 6.45) is -5.32. The van der Waals surface area contributed by atoms with Crippen LogP contribution in [0, 0.1) is 6.92 Å². The lowest BCUT2D eigenvalue weighted by atomic mass is 9.89. The number of alkyl halides is 3. The summed E-state index contributed by atoms with van der Waals surface area (Å²) >= 11 is 0. The van der Waals surface area contributed by atoms with E-state index in [4.69, 9.17) is 5.11 Å². The van der Waals surface area contributed by atoms with E-state index in [1.165, 1.54) is 13.0 Å². The van der Waals surface area contributed by atoms with Crippen molar-refractivity contribution in [3.05, 3.63) is 53.1 Å². The number of carboxylic acid groups (broad SMARTS) is 1. The molecule has 0 aliphatic heterocycles. The van der Waals surface area contributed by atoms with Gasteiger partial charge in [-0.25, -0.2) is 0 Å². The number of benzene rings is 2. The molecular weight excluding hydrogens is 319 g/mol. The first-order chi connectivity index (χ1) is 11.3. The minimum atomic E-state index is -4.64. The quantitative estimate of drug-likeness (QED) is 0.828. The fraction of sp³-hybridized carbons (Fsp3) is 0.278. The molecule has 24 heavy (non-hydrogen) atoms. The van der Waals surface area contributed by atoms with E-state index in [1.807, 2.05) is 6.07 Å². The molecular formula is C18H18F3NO2. The molecule has 2 N–H and O–H groups in total. The van der Waals surface area contributed by atoms with E-state index in [2.05, 4.69) is 5.32 Å². The van der Waals surface area contributed by atoms with Crippen LogP contribution in [-0.2, 0) is 17.4 Å². The molecule has 0 saturated heterocycles. The molecule has 0 heterocycles. The van der Waals surface area contributed by atoms with Gasteiger partial charge in [0.15, 0.2) is 0 Å². The van der Waals surface area contributed by atoms with Gasteiger partial charge < -0.3 is 10.4 Å². The first-order valence-electron chi connectivity index (χ1n) is 7.50. The molecule has 2 aromatic rings. The van der Waals surface area contributed by atoms with Gasteiger partial charge in [-0.1, -0.05) is 30.3 Å². The second-order valence-corrected chi connectivity index (χ2v) is 5.41. The predicted octanol–water partition coefficient (Wildman–Crippen LogP) is 4.74. The average Bonchev–Trinajstić information content (AvgIpc) is 2.49. The summed E-state index contributed by atoms with van der Waals surface area (Å²) in [5, 5.41) is 11.8. The Bertz CT molecular complexity index is 740. The molecule has 0 saturated carbocycles. The number of carboxylic acids is 1. The zero-order valence-electron chi connectivity index (χ0n) is 13.4. The largest absolute Gasteiger partial charge is 0.481 e. The van der Waals surface area contributed by atoms with Gasteiger partial charge in [-0.15, -0.1) is 0 Å². The van der Waals surface area contributed by atoms with E-state index in [0.29, 0.717) is 17.7 Å². The zero-order chi connectivity index (χ0) is 17.9. The zero-order valence-corrected chi connectivity index (χ0v) is 13.4. The summed E-state index contributed by atoms with van der Waals surface area (Å²) in [5.74, 6) is -1.30. The molecule has 128 valence electrons. The van der Waals surface area contributed by atoms with Crippen LogP contribution in [0.25, 0.3) is 11.1 Å². The lowest BCUT2D eigenvalue weighted by Crippen LogP contribution is -2.18. The van der Waals surface area contributed by atoms with Crippen molar-refractivity contribution in [3.63, 3.8) is 0 Å². The summed E-state index contributed by atoms with van der Waals surface area (Å²) in [5.41, 5.74) is 0.477. The molecule has 0 bridgehead atoms. The van der Waals surface area contributed by atoms with Gasteiger partial charge in [-0.2, -0.15) is 13.2 Å². The Balaban J connectivity index is 2.81. The van der Waals surface area contributed by atoms with Crippen LogP contribution in [0.2, 0.25) is 0 Å². The first kappa shape index (κ1) is 17.8. The topological polar surface area (TPSA) is 49.3 Å². The van der Waals surface area contributed by atoms with Crippen molar-refractivity contribution >= 4 is 11.7 Å². The maximum Gasteiger partial charge on any atom is 0.418 e. The van der Waals surface area contributed by atoms with Crippen LogP contribution >= 0.6 is 0 Å². The maximum absolute atomic E-state index is 13.6. The molecule has 0 unspecified atom stereocenters. The van der Waals surface area contributed by atoms with Crippen molar-refractivity contribution in [3.8, 4) is 11.1 Å². The molecule has 0 aliphatic rings. The normalized spacial score (nSPS) is 11.4. The Labute approximate surface area is 138 Å². The standard InChI is InChI=1S/C18H18F3NO2/c1-3-22-15-9-13(12-7-5-4-6-8-12)11(2)14(10-16(23)24)17(15)18(19,20)21/h4-9,22H,3,10H2,1-2H3,(H,23,24). The van der Waals surface area contributed by atoms with Crippen molar-refractivity contribution < 1.29 is 23.1 Å². The average molecular weight is 337 g/mol. The van der Waals surface area contributed by atoms with Crippen molar-refractivity contribution in [2.24, 2.45) is 0 Å². The summed E-state index contributed by atoms with van der Waals surface area (Å²) in [6, 6.07) is 10.4. The Morgan fingerprint density at radius 1 is 1.21 bits per heavy atom. The summed E-state index contributed by atoms with van der Waals surface area (Å²) in [7, 11) is 0. The number of anilines is 1. The van der Waals surface area contributed by atoms with E-state index < -0.39 is 24.1 Å². The molecule has 3 nitrogen and oxygen atoms in total. The number of carbonyl (C=O) groups is 1. The van der Waals surface area contributed by atoms with Crippen molar-refractivity contribution in [1.82, 2.24) is 0 Å². The number of hydrogen-bond acceptors (Lipinski definition) is 2. The minimum absolute atomic E-state index is 0.0919. The monoisotopic (exact) mass is 337 g/mol. The molecule has 0 amide bonds. The number of halogens is 3. The fourth-order valence-electron chi connectivity index (χ4n) is 2.78. The van der Waals surface area contributed by atoms with Gasteiger partial charge in [0, 0.05) is 12.2 Å². The van der Waals surface area contributed by atoms with Gasteiger partial charge in [0.2, 0.25) is 0 Å². The van der Waals surface area contributed by atoms with E-state index in [0.717, 1.165) is 5.56 Å². The fourth-order valence-corrected chi connectivity index (χ4v) is 2.78. The highest BCUT2D eigenvalue weighted by molar-refractivity contribution is 5.80. The molecule has 0 fully saturated rings. The van der Waals surface area contributed by atoms with E-state index in [9.17, 15) is 18.0 Å². The number of nitrogens with one attached hydrogen (secondary N) is 1. The number of aliphatic carboxylic acids is 1. The lowest BCUT2D eigenvalue weighted by molar-refractivity contribution is -0.139. The highest BCUT2D eigenvalue weighted by Crippen LogP contribution is 2.42. The van der Waals surface area contributed by atoms with Crippen LogP contribution in [0.3, 0.4) is 0 Å². The van der Waals surface area contributed by atoms with Gasteiger partial charge in [-0.3, -0.25) is 4.79 Å². The van der Waals surface area contributed by atoms with Crippen molar-refractivity contribution in [1.29, 1.82) is 0 Å². The Morgan fingerprint density at radius 2 is 1.83 bits per heavy atom. The molecule has 6 heteroatoms. The highest BCUT2D eigenvalue weighted by atomic mass is 19.4. The van der Waals surface area contributed by atoms with Gasteiger partial charge in [-0.05, 0) is 42.2 Å². The predicted molar refractivity (Wildman–Crippen MR) is 87.1 cm³/mol. The summed E-state index contributed by atoms with van der Waals surface area (Å²) in [4.78, 5) is 11.1.